The van der Waals surface area contributed by atoms with Gasteiger partial charge < -0.3 is 10.1 Å². The Bertz CT molecular complexity index is 178. The standard InChI is InChI=1S/C9H18N2OS2/c13-14-8-11-4-1-2-9(7-11)6-10-3-5-12-9/h10,13H,1-8H2/t9-/m1/s1. The fraction of sp³-hybridized carbons (Fsp3) is 1.00. The van der Waals surface area contributed by atoms with Crippen LogP contribution in [0.25, 0.3) is 0 Å². The van der Waals surface area contributed by atoms with Crippen LogP contribution in [0.1, 0.15) is 12.8 Å². The van der Waals surface area contributed by atoms with Crippen LogP contribution in [-0.2, 0) is 4.74 Å². The van der Waals surface area contributed by atoms with Gasteiger partial charge in [-0.3, -0.25) is 4.90 Å². The molecule has 1 atom stereocenters. The van der Waals surface area contributed by atoms with Gasteiger partial charge in [-0.2, -0.15) is 0 Å². The minimum absolute atomic E-state index is 0.0972. The first kappa shape index (κ1) is 11.1. The van der Waals surface area contributed by atoms with E-state index in [0.717, 1.165) is 32.1 Å². The van der Waals surface area contributed by atoms with E-state index < -0.39 is 0 Å². The number of likely N-dealkylation sites (tertiary alicyclic amines) is 1. The molecule has 2 saturated heterocycles. The lowest BCUT2D eigenvalue weighted by Gasteiger charge is -2.44. The molecule has 0 amide bonds. The Morgan fingerprint density at radius 1 is 1.57 bits per heavy atom. The Morgan fingerprint density at radius 3 is 3.21 bits per heavy atom. The van der Waals surface area contributed by atoms with Gasteiger partial charge in [-0.1, -0.05) is 10.8 Å². The molecule has 5 heteroatoms. The van der Waals surface area contributed by atoms with E-state index in [1.54, 1.807) is 10.8 Å². The number of nitrogens with one attached hydrogen (secondary N) is 1. The van der Waals surface area contributed by atoms with Gasteiger partial charge in [0.15, 0.2) is 0 Å². The van der Waals surface area contributed by atoms with Crippen LogP contribution in [0.3, 0.4) is 0 Å². The van der Waals surface area contributed by atoms with Gasteiger partial charge in [-0.25, -0.2) is 0 Å². The Hall–Kier alpha value is 0.580. The van der Waals surface area contributed by atoms with Crippen molar-refractivity contribution in [1.82, 2.24) is 10.2 Å². The topological polar surface area (TPSA) is 24.5 Å². The van der Waals surface area contributed by atoms with Crippen molar-refractivity contribution in [3.63, 3.8) is 0 Å². The second-order valence-corrected chi connectivity index (χ2v) is 5.41. The highest BCUT2D eigenvalue weighted by Gasteiger charge is 2.37. The average Bonchev–Trinajstić information content (AvgIpc) is 2.19. The van der Waals surface area contributed by atoms with Gasteiger partial charge in [-0.15, -0.1) is 11.7 Å². The molecular weight excluding hydrogens is 216 g/mol. The minimum Gasteiger partial charge on any atom is -0.371 e. The van der Waals surface area contributed by atoms with Crippen LogP contribution in [0.2, 0.25) is 0 Å². The van der Waals surface area contributed by atoms with E-state index in [-0.39, 0.29) is 5.60 Å². The van der Waals surface area contributed by atoms with Gasteiger partial charge in [0, 0.05) is 19.6 Å². The summed E-state index contributed by atoms with van der Waals surface area (Å²) in [5.74, 6) is 1.01. The monoisotopic (exact) mass is 234 g/mol. The predicted octanol–water partition coefficient (Wildman–Crippen LogP) is 0.976. The summed E-state index contributed by atoms with van der Waals surface area (Å²) in [6, 6.07) is 0. The molecule has 3 nitrogen and oxygen atoms in total. The molecule has 2 aliphatic heterocycles. The molecule has 2 rings (SSSR count). The number of hydrogen-bond donors (Lipinski definition) is 2. The Balaban J connectivity index is 1.91. The third-order valence-corrected chi connectivity index (χ3v) is 3.82. The highest BCUT2D eigenvalue weighted by Crippen LogP contribution is 2.27. The zero-order chi connectivity index (χ0) is 9.86. The van der Waals surface area contributed by atoms with Crippen LogP contribution < -0.4 is 5.32 Å². The molecule has 0 bridgehead atoms. The highest BCUT2D eigenvalue weighted by molar-refractivity contribution is 8.68. The smallest absolute Gasteiger partial charge is 0.0933 e. The summed E-state index contributed by atoms with van der Waals surface area (Å²) >= 11 is 4.20. The van der Waals surface area contributed by atoms with Gasteiger partial charge in [0.1, 0.15) is 0 Å². The molecule has 0 radical (unpaired) electrons. The number of ether oxygens (including phenoxy) is 1. The summed E-state index contributed by atoms with van der Waals surface area (Å²) in [5.41, 5.74) is 0.0972. The number of hydrogen-bond acceptors (Lipinski definition) is 5. The largest absolute Gasteiger partial charge is 0.371 e. The van der Waals surface area contributed by atoms with Crippen molar-refractivity contribution in [1.29, 1.82) is 0 Å². The summed E-state index contributed by atoms with van der Waals surface area (Å²) in [7, 11) is 1.60. The van der Waals surface area contributed by atoms with E-state index in [1.807, 2.05) is 0 Å². The first-order chi connectivity index (χ1) is 6.85. The van der Waals surface area contributed by atoms with Crippen LogP contribution >= 0.6 is 22.5 Å². The van der Waals surface area contributed by atoms with Gasteiger partial charge in [-0.05, 0) is 19.4 Å². The first-order valence-corrected chi connectivity index (χ1v) is 7.22. The maximum atomic E-state index is 5.94. The van der Waals surface area contributed by atoms with Crippen molar-refractivity contribution >= 4 is 22.5 Å². The number of nitrogens with zero attached hydrogens (tertiary/aromatic N) is 1. The first-order valence-electron chi connectivity index (χ1n) is 5.18. The zero-order valence-electron chi connectivity index (χ0n) is 8.37. The molecule has 0 saturated carbocycles. The van der Waals surface area contributed by atoms with Gasteiger partial charge in [0.2, 0.25) is 0 Å². The SMILES string of the molecule is SSCN1CCC[C@@]2(CNCCO2)C1. The van der Waals surface area contributed by atoms with Crippen LogP contribution in [0.5, 0.6) is 0 Å². The molecule has 0 aromatic rings. The van der Waals surface area contributed by atoms with Crippen LogP contribution in [0.15, 0.2) is 0 Å². The Kier molecular flexibility index (Phi) is 4.01. The van der Waals surface area contributed by atoms with Crippen molar-refractivity contribution in [2.75, 3.05) is 38.7 Å². The van der Waals surface area contributed by atoms with E-state index >= 15 is 0 Å². The number of morpholine rings is 1. The molecule has 2 aliphatic rings. The summed E-state index contributed by atoms with van der Waals surface area (Å²) in [5, 5.41) is 3.43. The second-order valence-electron chi connectivity index (χ2n) is 4.12. The van der Waals surface area contributed by atoms with E-state index in [4.69, 9.17) is 4.74 Å². The third-order valence-electron chi connectivity index (χ3n) is 2.99. The molecule has 82 valence electrons. The molecule has 0 aromatic heterocycles. The summed E-state index contributed by atoms with van der Waals surface area (Å²) in [6.45, 7) is 5.14. The molecular formula is C9H18N2OS2. The van der Waals surface area contributed by atoms with Crippen molar-refractivity contribution in [2.24, 2.45) is 0 Å². The van der Waals surface area contributed by atoms with Crippen molar-refractivity contribution in [3.8, 4) is 0 Å². The molecule has 0 aromatic carbocycles. The van der Waals surface area contributed by atoms with Crippen LogP contribution in [0.4, 0.5) is 0 Å². The third kappa shape index (κ3) is 2.58. The van der Waals surface area contributed by atoms with Gasteiger partial charge in [0.25, 0.3) is 0 Å². The second kappa shape index (κ2) is 5.07. The molecule has 1 spiro atoms. The van der Waals surface area contributed by atoms with Crippen molar-refractivity contribution in [2.45, 2.75) is 18.4 Å². The maximum absolute atomic E-state index is 5.94. The van der Waals surface area contributed by atoms with E-state index in [9.17, 15) is 0 Å². The van der Waals surface area contributed by atoms with Crippen LogP contribution in [0, 0.1) is 0 Å². The Morgan fingerprint density at radius 2 is 2.50 bits per heavy atom. The van der Waals surface area contributed by atoms with E-state index in [0.29, 0.717) is 0 Å². The normalized spacial score (nSPS) is 34.9. The highest BCUT2D eigenvalue weighted by atomic mass is 33.1. The van der Waals surface area contributed by atoms with Crippen molar-refractivity contribution < 1.29 is 4.74 Å². The molecule has 0 unspecified atom stereocenters. The van der Waals surface area contributed by atoms with E-state index in [1.165, 1.54) is 19.4 Å². The molecule has 14 heavy (non-hydrogen) atoms. The number of thiol groups is 1. The number of rotatable bonds is 2. The predicted molar refractivity (Wildman–Crippen MR) is 63.8 cm³/mol. The fourth-order valence-corrected chi connectivity index (χ4v) is 3.22. The quantitative estimate of drug-likeness (QED) is 0.549. The van der Waals surface area contributed by atoms with Crippen LogP contribution in [-0.4, -0.2) is 49.2 Å². The molecule has 2 fully saturated rings. The lowest BCUT2D eigenvalue weighted by molar-refractivity contribution is -0.102. The lowest BCUT2D eigenvalue weighted by Crippen LogP contribution is -2.58. The fourth-order valence-electron chi connectivity index (χ4n) is 2.35. The molecule has 0 aliphatic carbocycles. The van der Waals surface area contributed by atoms with Gasteiger partial charge >= 0.3 is 0 Å². The van der Waals surface area contributed by atoms with Crippen molar-refractivity contribution in [3.05, 3.63) is 0 Å². The zero-order valence-corrected chi connectivity index (χ0v) is 10.1. The summed E-state index contributed by atoms with van der Waals surface area (Å²) < 4.78 is 5.94. The minimum atomic E-state index is 0.0972. The summed E-state index contributed by atoms with van der Waals surface area (Å²) in [4.78, 5) is 2.44. The molecule has 1 N–H and O–H groups in total. The van der Waals surface area contributed by atoms with E-state index in [2.05, 4.69) is 21.9 Å². The summed E-state index contributed by atoms with van der Waals surface area (Å²) in [6.07, 6.45) is 2.45. The number of piperidine rings is 1. The molecule has 2 heterocycles. The maximum Gasteiger partial charge on any atom is 0.0933 e. The average molecular weight is 234 g/mol. The Labute approximate surface area is 94.7 Å². The lowest BCUT2D eigenvalue weighted by atomic mass is 9.92. The van der Waals surface area contributed by atoms with Gasteiger partial charge in [0.05, 0.1) is 18.1 Å².